The minimum absolute atomic E-state index is 0.0214. The number of carbonyl (C=O) groups is 2. The van der Waals surface area contributed by atoms with Crippen molar-refractivity contribution in [1.29, 1.82) is 0 Å². The van der Waals surface area contributed by atoms with Crippen LogP contribution in [0.5, 0.6) is 11.5 Å². The third-order valence-electron chi connectivity index (χ3n) is 7.94. The van der Waals surface area contributed by atoms with Crippen molar-refractivity contribution in [2.75, 3.05) is 34.4 Å². The predicted octanol–water partition coefficient (Wildman–Crippen LogP) is 6.19. The number of allylic oxidation sites excluding steroid dienone is 4. The zero-order chi connectivity index (χ0) is 29.1. The maximum atomic E-state index is 13.7. The SMILES string of the molecule is CC.CCN1C(=O)N2Cc3cc(OC)cc(OC)c3[C@@H](C)C=C2C1(C)CCN(C)C(=O)C1=C(C)OC(C)=CC1. The van der Waals surface area contributed by atoms with Crippen molar-refractivity contribution in [2.45, 2.75) is 79.3 Å². The fraction of sp³-hybridized carbons (Fsp3) is 0.548. The third kappa shape index (κ3) is 5.52. The lowest BCUT2D eigenvalue weighted by molar-refractivity contribution is -0.126. The van der Waals surface area contributed by atoms with Gasteiger partial charge in [-0.25, -0.2) is 4.79 Å². The molecule has 3 heterocycles. The van der Waals surface area contributed by atoms with Crippen molar-refractivity contribution >= 4 is 11.9 Å². The Kier molecular flexibility index (Phi) is 9.41. The average molecular weight is 540 g/mol. The Morgan fingerprint density at radius 1 is 1.21 bits per heavy atom. The van der Waals surface area contributed by atoms with E-state index in [1.807, 2.05) is 69.7 Å². The van der Waals surface area contributed by atoms with Crippen LogP contribution in [0, 0.1) is 0 Å². The molecule has 1 unspecified atom stereocenters. The van der Waals surface area contributed by atoms with Gasteiger partial charge in [0.05, 0.1) is 37.6 Å². The van der Waals surface area contributed by atoms with Crippen LogP contribution in [0.2, 0.25) is 0 Å². The number of fused-ring (bicyclic) bond motifs is 2. The number of hydrogen-bond donors (Lipinski definition) is 0. The molecule has 0 aliphatic carbocycles. The van der Waals surface area contributed by atoms with Gasteiger partial charge in [0.1, 0.15) is 17.3 Å². The Balaban J connectivity index is 0.00000205. The predicted molar refractivity (Wildman–Crippen MR) is 154 cm³/mol. The molecule has 8 nitrogen and oxygen atoms in total. The van der Waals surface area contributed by atoms with E-state index in [1.54, 1.807) is 19.1 Å². The van der Waals surface area contributed by atoms with Gasteiger partial charge in [-0.05, 0) is 51.8 Å². The van der Waals surface area contributed by atoms with E-state index in [1.165, 1.54) is 0 Å². The molecule has 8 heteroatoms. The van der Waals surface area contributed by atoms with Crippen LogP contribution in [0.3, 0.4) is 0 Å². The van der Waals surface area contributed by atoms with E-state index in [2.05, 4.69) is 19.9 Å². The van der Waals surface area contributed by atoms with Gasteiger partial charge in [0, 0.05) is 49.8 Å². The van der Waals surface area contributed by atoms with Gasteiger partial charge in [-0.15, -0.1) is 0 Å². The zero-order valence-electron chi connectivity index (χ0n) is 25.3. The first kappa shape index (κ1) is 30.1. The maximum Gasteiger partial charge on any atom is 0.325 e. The Hall–Kier alpha value is -3.42. The molecule has 0 radical (unpaired) electrons. The Bertz CT molecular complexity index is 1200. The van der Waals surface area contributed by atoms with Crippen LogP contribution in [0.1, 0.15) is 78.4 Å². The summed E-state index contributed by atoms with van der Waals surface area (Å²) >= 11 is 0. The highest BCUT2D eigenvalue weighted by Gasteiger charge is 2.51. The number of likely N-dealkylation sites (N-methyl/N-ethyl adjacent to an activating group) is 2. The number of hydrogen-bond acceptors (Lipinski definition) is 5. The molecule has 0 bridgehead atoms. The van der Waals surface area contributed by atoms with Crippen molar-refractivity contribution in [3.63, 3.8) is 0 Å². The fourth-order valence-electron chi connectivity index (χ4n) is 5.83. The van der Waals surface area contributed by atoms with Crippen LogP contribution in [-0.4, -0.2) is 66.5 Å². The summed E-state index contributed by atoms with van der Waals surface area (Å²) in [5, 5.41) is 0. The van der Waals surface area contributed by atoms with Crippen molar-refractivity contribution in [2.24, 2.45) is 0 Å². The number of methoxy groups -OCH3 is 2. The molecule has 39 heavy (non-hydrogen) atoms. The first-order valence-corrected chi connectivity index (χ1v) is 13.9. The summed E-state index contributed by atoms with van der Waals surface area (Å²) in [5.74, 6) is 2.92. The van der Waals surface area contributed by atoms with Crippen molar-refractivity contribution in [1.82, 2.24) is 14.7 Å². The largest absolute Gasteiger partial charge is 0.497 e. The number of nitrogens with zero attached hydrogens (tertiary/aromatic N) is 3. The zero-order valence-corrected chi connectivity index (χ0v) is 25.3. The van der Waals surface area contributed by atoms with E-state index in [0.29, 0.717) is 49.6 Å². The number of amides is 3. The molecule has 214 valence electrons. The fourth-order valence-corrected chi connectivity index (χ4v) is 5.83. The van der Waals surface area contributed by atoms with Gasteiger partial charge >= 0.3 is 6.03 Å². The second-order valence-electron chi connectivity index (χ2n) is 10.3. The molecule has 0 N–H and O–H groups in total. The summed E-state index contributed by atoms with van der Waals surface area (Å²) < 4.78 is 16.9. The third-order valence-corrected chi connectivity index (χ3v) is 7.94. The van der Waals surface area contributed by atoms with Gasteiger partial charge in [0.15, 0.2) is 0 Å². The number of urea groups is 1. The molecule has 3 amide bonds. The molecule has 3 aliphatic rings. The summed E-state index contributed by atoms with van der Waals surface area (Å²) in [4.78, 5) is 32.5. The number of ether oxygens (including phenoxy) is 3. The van der Waals surface area contributed by atoms with E-state index in [9.17, 15) is 9.59 Å². The van der Waals surface area contributed by atoms with Gasteiger partial charge in [-0.1, -0.05) is 26.8 Å². The molecule has 0 aromatic heterocycles. The number of carbonyl (C=O) groups excluding carboxylic acids is 2. The highest BCUT2D eigenvalue weighted by atomic mass is 16.5. The van der Waals surface area contributed by atoms with E-state index in [4.69, 9.17) is 14.2 Å². The minimum atomic E-state index is -0.559. The second kappa shape index (κ2) is 12.2. The van der Waals surface area contributed by atoms with Crippen LogP contribution < -0.4 is 9.47 Å². The molecule has 2 atom stereocenters. The van der Waals surface area contributed by atoms with Crippen LogP contribution >= 0.6 is 0 Å². The lowest BCUT2D eigenvalue weighted by Crippen LogP contribution is -2.46. The highest BCUT2D eigenvalue weighted by molar-refractivity contribution is 5.94. The van der Waals surface area contributed by atoms with Crippen molar-refractivity contribution < 1.29 is 23.8 Å². The van der Waals surface area contributed by atoms with Crippen LogP contribution in [0.25, 0.3) is 0 Å². The average Bonchev–Trinajstić information content (AvgIpc) is 3.02. The normalized spacial score (nSPS) is 22.0. The maximum absolute atomic E-state index is 13.7. The van der Waals surface area contributed by atoms with Gasteiger partial charge in [0.25, 0.3) is 5.91 Å². The van der Waals surface area contributed by atoms with E-state index in [-0.39, 0.29) is 17.9 Å². The number of benzene rings is 1. The first-order chi connectivity index (χ1) is 18.5. The smallest absolute Gasteiger partial charge is 0.325 e. The Morgan fingerprint density at radius 3 is 2.49 bits per heavy atom. The summed E-state index contributed by atoms with van der Waals surface area (Å²) in [7, 11) is 5.11. The summed E-state index contributed by atoms with van der Waals surface area (Å²) in [6.07, 6.45) is 5.30. The molecule has 3 aliphatic heterocycles. The molecule has 0 saturated carbocycles. The molecular weight excluding hydrogens is 494 g/mol. The minimum Gasteiger partial charge on any atom is -0.497 e. The topological polar surface area (TPSA) is 71.6 Å². The summed E-state index contributed by atoms with van der Waals surface area (Å²) in [6.45, 7) is 15.5. The standard InChI is InChI=1S/C29H39N3O5.C2H6/c1-9-32-28(34)31-17-21-15-22(35-7)16-24(36-8)26(21)18(2)14-25(31)29(32,5)12-13-30(6)27(33)23-11-10-19(3)37-20(23)4;1-2/h10,14-16,18H,9,11-13,17H2,1-8H3;1-2H3/t18-,29?;/m0./s1. The second-order valence-corrected chi connectivity index (χ2v) is 10.3. The van der Waals surface area contributed by atoms with E-state index in [0.717, 1.165) is 28.3 Å². The molecule has 0 spiro atoms. The summed E-state index contributed by atoms with van der Waals surface area (Å²) in [5.41, 5.74) is 3.17. The monoisotopic (exact) mass is 539 g/mol. The van der Waals surface area contributed by atoms with Gasteiger partial charge in [0.2, 0.25) is 0 Å². The van der Waals surface area contributed by atoms with Crippen LogP contribution in [0.4, 0.5) is 4.79 Å². The molecule has 4 rings (SSSR count). The number of rotatable bonds is 7. The summed E-state index contributed by atoms with van der Waals surface area (Å²) in [6, 6.07) is 3.87. The van der Waals surface area contributed by atoms with E-state index < -0.39 is 5.54 Å². The molecule has 1 saturated heterocycles. The van der Waals surface area contributed by atoms with Crippen LogP contribution in [0.15, 0.2) is 47.1 Å². The van der Waals surface area contributed by atoms with Gasteiger partial charge < -0.3 is 24.0 Å². The van der Waals surface area contributed by atoms with E-state index >= 15 is 0 Å². The van der Waals surface area contributed by atoms with Gasteiger partial charge in [-0.2, -0.15) is 0 Å². The Labute approximate surface area is 233 Å². The highest BCUT2D eigenvalue weighted by Crippen LogP contribution is 2.46. The first-order valence-electron chi connectivity index (χ1n) is 13.9. The van der Waals surface area contributed by atoms with Crippen molar-refractivity contribution in [3.8, 4) is 11.5 Å². The lowest BCUT2D eigenvalue weighted by atomic mass is 9.88. The van der Waals surface area contributed by atoms with Gasteiger partial charge in [-0.3, -0.25) is 9.69 Å². The lowest BCUT2D eigenvalue weighted by Gasteiger charge is -2.36. The van der Waals surface area contributed by atoms with Crippen LogP contribution in [-0.2, 0) is 16.1 Å². The molecule has 1 fully saturated rings. The molecule has 1 aromatic carbocycles. The molecular formula is C31H45N3O5. The quantitative estimate of drug-likeness (QED) is 0.413. The Morgan fingerprint density at radius 2 is 1.90 bits per heavy atom. The molecule has 1 aromatic rings. The van der Waals surface area contributed by atoms with Crippen molar-refractivity contribution in [3.05, 3.63) is 58.2 Å².